The van der Waals surface area contributed by atoms with Crippen LogP contribution in [0.3, 0.4) is 0 Å². The fourth-order valence-electron chi connectivity index (χ4n) is 4.77. The Morgan fingerprint density at radius 3 is 2.61 bits per heavy atom. The van der Waals surface area contributed by atoms with Crippen molar-refractivity contribution >= 4 is 17.8 Å². The number of unbranched alkanes of at least 4 members (excludes halogenated alkanes) is 4. The Balaban J connectivity index is 1.31. The molecule has 2 aliphatic heterocycles. The van der Waals surface area contributed by atoms with E-state index >= 15 is 0 Å². The maximum Gasteiger partial charge on any atom is 0.326 e. The number of hydrogen-bond donors (Lipinski definition) is 3. The SMILES string of the molecule is C[C@@H]1CC[C@H](C)N1C(=O)NC(CCCCCCCc1ccc2c(n1)NCCC2)C(=O)O. The number of amides is 2. The lowest BCUT2D eigenvalue weighted by molar-refractivity contribution is -0.139. The molecule has 1 fully saturated rings. The van der Waals surface area contributed by atoms with Gasteiger partial charge in [-0.2, -0.15) is 0 Å². The van der Waals surface area contributed by atoms with Crippen LogP contribution in [0.1, 0.15) is 82.9 Å². The fourth-order valence-corrected chi connectivity index (χ4v) is 4.77. The van der Waals surface area contributed by atoms with E-state index in [1.807, 2.05) is 13.8 Å². The van der Waals surface area contributed by atoms with Gasteiger partial charge in [0.2, 0.25) is 0 Å². The molecule has 0 spiro atoms. The zero-order chi connectivity index (χ0) is 22.2. The Bertz CT molecular complexity index is 744. The summed E-state index contributed by atoms with van der Waals surface area (Å²) in [5.41, 5.74) is 2.47. The predicted octanol–water partition coefficient (Wildman–Crippen LogP) is 4.36. The molecular weight excluding hydrogens is 392 g/mol. The second-order valence-corrected chi connectivity index (χ2v) is 9.17. The number of aliphatic carboxylic acids is 1. The number of urea groups is 1. The second-order valence-electron chi connectivity index (χ2n) is 9.17. The van der Waals surface area contributed by atoms with Crippen molar-refractivity contribution in [1.29, 1.82) is 0 Å². The van der Waals surface area contributed by atoms with Gasteiger partial charge < -0.3 is 20.6 Å². The molecule has 0 bridgehead atoms. The number of hydrogen-bond acceptors (Lipinski definition) is 4. The molecule has 3 N–H and O–H groups in total. The summed E-state index contributed by atoms with van der Waals surface area (Å²) >= 11 is 0. The van der Waals surface area contributed by atoms with Crippen LogP contribution in [0, 0.1) is 0 Å². The van der Waals surface area contributed by atoms with Crippen LogP contribution in [0.4, 0.5) is 10.6 Å². The van der Waals surface area contributed by atoms with Crippen LogP contribution in [-0.2, 0) is 17.6 Å². The van der Waals surface area contributed by atoms with Crippen LogP contribution in [0.25, 0.3) is 0 Å². The van der Waals surface area contributed by atoms with E-state index in [-0.39, 0.29) is 18.1 Å². The van der Waals surface area contributed by atoms with Crippen molar-refractivity contribution in [2.45, 2.75) is 103 Å². The van der Waals surface area contributed by atoms with Crippen LogP contribution in [-0.4, -0.2) is 51.7 Å². The Morgan fingerprint density at radius 1 is 1.16 bits per heavy atom. The highest BCUT2D eigenvalue weighted by Crippen LogP contribution is 2.24. The molecule has 1 unspecified atom stereocenters. The van der Waals surface area contributed by atoms with Gasteiger partial charge in [0.1, 0.15) is 11.9 Å². The second kappa shape index (κ2) is 11.3. The van der Waals surface area contributed by atoms with E-state index in [1.165, 1.54) is 12.0 Å². The average molecular weight is 431 g/mol. The number of nitrogens with one attached hydrogen (secondary N) is 2. The number of rotatable bonds is 10. The quantitative estimate of drug-likeness (QED) is 0.480. The number of aromatic nitrogens is 1. The molecule has 0 saturated carbocycles. The number of aryl methyl sites for hydroxylation is 2. The lowest BCUT2D eigenvalue weighted by Crippen LogP contribution is -2.50. The molecule has 2 aliphatic rings. The van der Waals surface area contributed by atoms with Crippen LogP contribution >= 0.6 is 0 Å². The lowest BCUT2D eigenvalue weighted by Gasteiger charge is -2.28. The minimum atomic E-state index is -0.944. The summed E-state index contributed by atoms with van der Waals surface area (Å²) in [6.07, 6.45) is 10.8. The predicted molar refractivity (Wildman–Crippen MR) is 122 cm³/mol. The van der Waals surface area contributed by atoms with Crippen molar-refractivity contribution in [3.63, 3.8) is 0 Å². The molecule has 2 amide bonds. The number of carboxylic acids is 1. The van der Waals surface area contributed by atoms with E-state index in [9.17, 15) is 14.7 Å². The first-order valence-electron chi connectivity index (χ1n) is 12.0. The summed E-state index contributed by atoms with van der Waals surface area (Å²) < 4.78 is 0. The van der Waals surface area contributed by atoms with Gasteiger partial charge in [0.05, 0.1) is 0 Å². The molecule has 1 aromatic rings. The molecule has 31 heavy (non-hydrogen) atoms. The number of nitrogens with zero attached hydrogens (tertiary/aromatic N) is 2. The van der Waals surface area contributed by atoms with Gasteiger partial charge in [-0.1, -0.05) is 31.7 Å². The van der Waals surface area contributed by atoms with Gasteiger partial charge in [0.25, 0.3) is 0 Å². The Labute approximate surface area is 186 Å². The van der Waals surface area contributed by atoms with E-state index in [0.717, 1.165) is 75.8 Å². The zero-order valence-electron chi connectivity index (χ0n) is 19.0. The largest absolute Gasteiger partial charge is 0.480 e. The molecule has 3 rings (SSSR count). The highest BCUT2D eigenvalue weighted by Gasteiger charge is 2.33. The molecular formula is C24H38N4O3. The third kappa shape index (κ3) is 6.58. The van der Waals surface area contributed by atoms with Crippen molar-refractivity contribution in [1.82, 2.24) is 15.2 Å². The molecule has 0 aliphatic carbocycles. The Kier molecular flexibility index (Phi) is 8.55. The number of likely N-dealkylation sites (tertiary alicyclic amines) is 1. The van der Waals surface area contributed by atoms with E-state index in [4.69, 9.17) is 4.98 Å². The van der Waals surface area contributed by atoms with Crippen LogP contribution < -0.4 is 10.6 Å². The normalized spacial score (nSPS) is 21.3. The van der Waals surface area contributed by atoms with Gasteiger partial charge >= 0.3 is 12.0 Å². The number of anilines is 1. The summed E-state index contributed by atoms with van der Waals surface area (Å²) in [6.45, 7) is 5.06. The molecule has 3 atom stereocenters. The topological polar surface area (TPSA) is 94.6 Å². The summed E-state index contributed by atoms with van der Waals surface area (Å²) in [4.78, 5) is 30.6. The molecule has 1 saturated heterocycles. The van der Waals surface area contributed by atoms with Crippen molar-refractivity contribution in [3.05, 3.63) is 23.4 Å². The summed E-state index contributed by atoms with van der Waals surface area (Å²) in [7, 11) is 0. The van der Waals surface area contributed by atoms with E-state index in [2.05, 4.69) is 22.8 Å². The monoisotopic (exact) mass is 430 g/mol. The highest BCUT2D eigenvalue weighted by molar-refractivity contribution is 5.83. The number of fused-ring (bicyclic) bond motifs is 1. The Hall–Kier alpha value is -2.31. The van der Waals surface area contributed by atoms with Gasteiger partial charge in [-0.05, 0) is 70.4 Å². The van der Waals surface area contributed by atoms with E-state index < -0.39 is 12.0 Å². The number of carbonyl (C=O) groups excluding carboxylic acids is 1. The summed E-state index contributed by atoms with van der Waals surface area (Å²) in [5.74, 6) is 0.114. The lowest BCUT2D eigenvalue weighted by atomic mass is 10.0. The number of pyridine rings is 1. The van der Waals surface area contributed by atoms with Crippen molar-refractivity contribution in [2.75, 3.05) is 11.9 Å². The molecule has 7 heteroatoms. The van der Waals surface area contributed by atoms with E-state index in [1.54, 1.807) is 4.90 Å². The van der Waals surface area contributed by atoms with Gasteiger partial charge in [0, 0.05) is 24.3 Å². The number of carbonyl (C=O) groups is 2. The maximum atomic E-state index is 12.5. The van der Waals surface area contributed by atoms with Crippen molar-refractivity contribution in [2.24, 2.45) is 0 Å². The van der Waals surface area contributed by atoms with Crippen LogP contribution in [0.5, 0.6) is 0 Å². The third-order valence-corrected chi connectivity index (χ3v) is 6.66. The smallest absolute Gasteiger partial charge is 0.326 e. The van der Waals surface area contributed by atoms with Crippen molar-refractivity contribution in [3.8, 4) is 0 Å². The first kappa shape index (κ1) is 23.4. The zero-order valence-corrected chi connectivity index (χ0v) is 19.0. The van der Waals surface area contributed by atoms with E-state index in [0.29, 0.717) is 6.42 Å². The van der Waals surface area contributed by atoms with Crippen LogP contribution in [0.15, 0.2) is 12.1 Å². The molecule has 0 radical (unpaired) electrons. The highest BCUT2D eigenvalue weighted by atomic mass is 16.4. The minimum Gasteiger partial charge on any atom is -0.480 e. The molecule has 172 valence electrons. The average Bonchev–Trinajstić information content (AvgIpc) is 3.09. The standard InChI is InChI=1S/C24H38N4O3/c1-17-12-13-18(2)28(17)24(31)27-21(23(29)30)11-7-5-3-4-6-10-20-15-14-19-9-8-16-25-22(19)26-20/h14-15,17-18,21H,3-13,16H2,1-2H3,(H,25,26)(H,27,31)(H,29,30)/t17-,18+,21?. The maximum absolute atomic E-state index is 12.5. The molecule has 0 aromatic carbocycles. The van der Waals surface area contributed by atoms with Crippen LogP contribution in [0.2, 0.25) is 0 Å². The summed E-state index contributed by atoms with van der Waals surface area (Å²) in [5, 5.41) is 15.6. The van der Waals surface area contributed by atoms with Gasteiger partial charge in [0.15, 0.2) is 0 Å². The molecule has 7 nitrogen and oxygen atoms in total. The first-order chi connectivity index (χ1) is 15.0. The fraction of sp³-hybridized carbons (Fsp3) is 0.708. The van der Waals surface area contributed by atoms with Crippen molar-refractivity contribution < 1.29 is 14.7 Å². The first-order valence-corrected chi connectivity index (χ1v) is 12.0. The van der Waals surface area contributed by atoms with Gasteiger partial charge in [-0.25, -0.2) is 14.6 Å². The Morgan fingerprint density at radius 2 is 1.87 bits per heavy atom. The minimum absolute atomic E-state index is 0.171. The van der Waals surface area contributed by atoms with Gasteiger partial charge in [-0.3, -0.25) is 0 Å². The molecule has 3 heterocycles. The third-order valence-electron chi connectivity index (χ3n) is 6.66. The number of carboxylic acid groups (broad SMARTS) is 1. The summed E-state index contributed by atoms with van der Waals surface area (Å²) in [6, 6.07) is 3.65. The van der Waals surface area contributed by atoms with Gasteiger partial charge in [-0.15, -0.1) is 0 Å². The molecule has 1 aromatic heterocycles.